The Hall–Kier alpha value is -2.22. The van der Waals surface area contributed by atoms with Gasteiger partial charge in [0.1, 0.15) is 16.2 Å². The highest BCUT2D eigenvalue weighted by Crippen LogP contribution is 2.55. The lowest BCUT2D eigenvalue weighted by Crippen LogP contribution is -2.58. The molecule has 0 bridgehead atoms. The van der Waals surface area contributed by atoms with E-state index in [0.29, 0.717) is 24.6 Å². The van der Waals surface area contributed by atoms with Crippen LogP contribution in [0.1, 0.15) is 61.2 Å². The zero-order valence-electron chi connectivity index (χ0n) is 17.2. The van der Waals surface area contributed by atoms with E-state index in [1.165, 1.54) is 12.0 Å². The molecule has 0 spiro atoms. The number of methoxy groups -OCH3 is 1. The van der Waals surface area contributed by atoms with Crippen molar-refractivity contribution < 1.29 is 14.3 Å². The monoisotopic (exact) mass is 429 g/mol. The maximum atomic E-state index is 12.7. The Labute approximate surface area is 178 Å². The van der Waals surface area contributed by atoms with Crippen LogP contribution in [-0.4, -0.2) is 34.5 Å². The minimum atomic E-state index is -0.883. The molecule has 8 heteroatoms. The van der Waals surface area contributed by atoms with E-state index < -0.39 is 5.54 Å². The summed E-state index contributed by atoms with van der Waals surface area (Å²) in [5, 5.41) is 3.74. The number of nitrogens with one attached hydrogen (secondary N) is 2. The highest BCUT2D eigenvalue weighted by Gasteiger charge is 2.60. The fourth-order valence-corrected chi connectivity index (χ4v) is 6.79. The summed E-state index contributed by atoms with van der Waals surface area (Å²) < 4.78 is 5.05. The summed E-state index contributed by atoms with van der Waals surface area (Å²) >= 11 is 1.61. The molecule has 160 valence electrons. The van der Waals surface area contributed by atoms with E-state index in [2.05, 4.69) is 15.3 Å². The molecule has 2 aromatic heterocycles. The van der Waals surface area contributed by atoms with Crippen molar-refractivity contribution in [1.29, 1.82) is 0 Å². The van der Waals surface area contributed by atoms with Crippen LogP contribution in [-0.2, 0) is 33.6 Å². The van der Waals surface area contributed by atoms with Gasteiger partial charge in [-0.05, 0) is 62.3 Å². The van der Waals surface area contributed by atoms with Gasteiger partial charge in [0.2, 0.25) is 5.91 Å². The molecule has 3 aliphatic carbocycles. The Balaban J connectivity index is 1.31. The van der Waals surface area contributed by atoms with E-state index >= 15 is 0 Å². The van der Waals surface area contributed by atoms with Crippen molar-refractivity contribution in [2.45, 2.75) is 69.7 Å². The number of thiophene rings is 1. The van der Waals surface area contributed by atoms with E-state index in [-0.39, 0.29) is 29.8 Å². The van der Waals surface area contributed by atoms with E-state index in [9.17, 15) is 14.4 Å². The maximum Gasteiger partial charge on any atom is 0.331 e. The largest absolute Gasteiger partial charge is 0.467 e. The molecule has 3 aliphatic rings. The first kappa shape index (κ1) is 19.7. The lowest BCUT2D eigenvalue weighted by molar-refractivity contribution is -0.153. The van der Waals surface area contributed by atoms with Gasteiger partial charge in [-0.3, -0.25) is 9.59 Å². The minimum Gasteiger partial charge on any atom is -0.467 e. The molecule has 3 atom stereocenters. The summed E-state index contributed by atoms with van der Waals surface area (Å²) in [4.78, 5) is 47.5. The third-order valence-corrected chi connectivity index (χ3v) is 8.26. The van der Waals surface area contributed by atoms with E-state index in [0.717, 1.165) is 60.7 Å². The van der Waals surface area contributed by atoms with Gasteiger partial charge in [0.25, 0.3) is 5.56 Å². The Bertz CT molecular complexity index is 1070. The van der Waals surface area contributed by atoms with Crippen LogP contribution in [0.4, 0.5) is 0 Å². The normalized spacial score (nSPS) is 27.2. The van der Waals surface area contributed by atoms with Crippen molar-refractivity contribution >= 4 is 33.4 Å². The van der Waals surface area contributed by atoms with Crippen molar-refractivity contribution in [2.24, 2.45) is 11.8 Å². The van der Waals surface area contributed by atoms with Crippen molar-refractivity contribution in [1.82, 2.24) is 15.3 Å². The second-order valence-electron chi connectivity index (χ2n) is 8.91. The first-order valence-corrected chi connectivity index (χ1v) is 11.8. The van der Waals surface area contributed by atoms with E-state index in [1.54, 1.807) is 11.3 Å². The summed E-state index contributed by atoms with van der Waals surface area (Å²) in [6, 6.07) is 0. The SMILES string of the molecule is COC(=O)C1(NC(=O)CCc2nc3sc4c(c3c(=O)[nH]2)CCCC4)CCCC2CC21. The maximum absolute atomic E-state index is 12.7. The third kappa shape index (κ3) is 3.25. The van der Waals surface area contributed by atoms with Gasteiger partial charge >= 0.3 is 5.97 Å². The molecule has 7 nitrogen and oxygen atoms in total. The number of aryl methyl sites for hydroxylation is 3. The number of amides is 1. The average molecular weight is 430 g/mol. The molecule has 2 fully saturated rings. The summed E-state index contributed by atoms with van der Waals surface area (Å²) in [6.45, 7) is 0. The van der Waals surface area contributed by atoms with Crippen LogP contribution in [0.3, 0.4) is 0 Å². The number of esters is 1. The Kier molecular flexibility index (Phi) is 4.92. The highest BCUT2D eigenvalue weighted by molar-refractivity contribution is 7.18. The van der Waals surface area contributed by atoms with Gasteiger partial charge in [0, 0.05) is 17.7 Å². The fraction of sp³-hybridized carbons (Fsp3) is 0.636. The zero-order chi connectivity index (χ0) is 20.9. The average Bonchev–Trinajstić information content (AvgIpc) is 3.45. The number of carbonyl (C=O) groups is 2. The standard InChI is InChI=1S/C22H27N3O4S/c1-29-21(28)22(10-4-5-12-11-14(12)22)25-17(26)9-8-16-23-19(27)18-13-6-2-3-7-15(13)30-20(18)24-16/h12,14H,2-11H2,1H3,(H,25,26)(H,23,24,27). The van der Waals surface area contributed by atoms with Crippen molar-refractivity contribution in [3.05, 3.63) is 26.6 Å². The van der Waals surface area contributed by atoms with Gasteiger partial charge in [0.15, 0.2) is 0 Å². The van der Waals surface area contributed by atoms with Crippen LogP contribution in [0.25, 0.3) is 10.2 Å². The number of carbonyl (C=O) groups excluding carboxylic acids is 2. The fourth-order valence-electron chi connectivity index (χ4n) is 5.51. The summed E-state index contributed by atoms with van der Waals surface area (Å²) in [5.74, 6) is 0.709. The number of aromatic nitrogens is 2. The molecule has 0 saturated heterocycles. The topological polar surface area (TPSA) is 101 Å². The van der Waals surface area contributed by atoms with Crippen LogP contribution in [0.2, 0.25) is 0 Å². The second-order valence-corrected chi connectivity index (χ2v) is 9.99. The Morgan fingerprint density at radius 3 is 2.97 bits per heavy atom. The Morgan fingerprint density at radius 1 is 1.30 bits per heavy atom. The first-order valence-electron chi connectivity index (χ1n) is 10.9. The number of nitrogens with zero attached hydrogens (tertiary/aromatic N) is 1. The van der Waals surface area contributed by atoms with Crippen molar-refractivity contribution in [3.8, 4) is 0 Å². The van der Waals surface area contributed by atoms with E-state index in [4.69, 9.17) is 4.74 Å². The van der Waals surface area contributed by atoms with Gasteiger partial charge in [0.05, 0.1) is 12.5 Å². The van der Waals surface area contributed by atoms with Crippen LogP contribution in [0.5, 0.6) is 0 Å². The van der Waals surface area contributed by atoms with Gasteiger partial charge in [-0.15, -0.1) is 11.3 Å². The number of hydrogen-bond donors (Lipinski definition) is 2. The van der Waals surface area contributed by atoms with Crippen LogP contribution in [0, 0.1) is 11.8 Å². The molecular formula is C22H27N3O4S. The minimum absolute atomic E-state index is 0.103. The smallest absolute Gasteiger partial charge is 0.331 e. The molecule has 0 aliphatic heterocycles. The van der Waals surface area contributed by atoms with Crippen LogP contribution in [0.15, 0.2) is 4.79 Å². The van der Waals surface area contributed by atoms with Gasteiger partial charge < -0.3 is 15.0 Å². The molecule has 0 radical (unpaired) electrons. The van der Waals surface area contributed by atoms with E-state index in [1.807, 2.05) is 0 Å². The number of rotatable bonds is 5. The molecule has 0 aromatic carbocycles. The number of fused-ring (bicyclic) bond motifs is 4. The summed E-state index contributed by atoms with van der Waals surface area (Å²) in [5.41, 5.74) is 0.177. The molecule has 5 rings (SSSR count). The summed E-state index contributed by atoms with van der Waals surface area (Å²) in [6.07, 6.45) is 8.41. The summed E-state index contributed by atoms with van der Waals surface area (Å²) in [7, 11) is 1.38. The van der Waals surface area contributed by atoms with Gasteiger partial charge in [-0.25, -0.2) is 9.78 Å². The van der Waals surface area contributed by atoms with Gasteiger partial charge in [-0.1, -0.05) is 6.42 Å². The lowest BCUT2D eigenvalue weighted by atomic mass is 9.81. The first-order chi connectivity index (χ1) is 14.5. The number of aromatic amines is 1. The number of H-pyrrole nitrogens is 1. The second kappa shape index (κ2) is 7.48. The van der Waals surface area contributed by atoms with Crippen molar-refractivity contribution in [2.75, 3.05) is 7.11 Å². The highest BCUT2D eigenvalue weighted by atomic mass is 32.1. The van der Waals surface area contributed by atoms with Crippen LogP contribution < -0.4 is 10.9 Å². The third-order valence-electron chi connectivity index (χ3n) is 7.08. The predicted molar refractivity (Wildman–Crippen MR) is 114 cm³/mol. The molecule has 3 unspecified atom stereocenters. The molecule has 2 saturated carbocycles. The number of hydrogen-bond acceptors (Lipinski definition) is 6. The van der Waals surface area contributed by atoms with Crippen LogP contribution >= 0.6 is 11.3 Å². The predicted octanol–water partition coefficient (Wildman–Crippen LogP) is 2.64. The molecule has 30 heavy (non-hydrogen) atoms. The quantitative estimate of drug-likeness (QED) is 0.712. The zero-order valence-corrected chi connectivity index (χ0v) is 18.0. The molecule has 2 N–H and O–H groups in total. The molecule has 2 heterocycles. The van der Waals surface area contributed by atoms with Gasteiger partial charge in [-0.2, -0.15) is 0 Å². The molecule has 1 amide bonds. The molecule has 2 aromatic rings. The lowest BCUT2D eigenvalue weighted by Gasteiger charge is -2.35. The number of ether oxygens (including phenoxy) is 1. The van der Waals surface area contributed by atoms with Crippen molar-refractivity contribution in [3.63, 3.8) is 0 Å². The Morgan fingerprint density at radius 2 is 2.13 bits per heavy atom. The molecular weight excluding hydrogens is 402 g/mol.